The Balaban J connectivity index is 2.07. The van der Waals surface area contributed by atoms with Gasteiger partial charge in [0.15, 0.2) is 17.6 Å². The summed E-state index contributed by atoms with van der Waals surface area (Å²) < 4.78 is 20.6. The highest BCUT2D eigenvalue weighted by Gasteiger charge is 2.46. The Morgan fingerprint density at radius 2 is 2.20 bits per heavy atom. The summed E-state index contributed by atoms with van der Waals surface area (Å²) in [5, 5.41) is 22.6. The van der Waals surface area contributed by atoms with Gasteiger partial charge < -0.3 is 26.4 Å². The van der Waals surface area contributed by atoms with Crippen LogP contribution in [0, 0.1) is 0 Å². The molecule has 1 fully saturated rings. The normalized spacial score (nSPS) is 30.1. The lowest BCUT2D eigenvalue weighted by Crippen LogP contribution is -2.30. The van der Waals surface area contributed by atoms with Crippen molar-refractivity contribution in [1.82, 2.24) is 19.6 Å². The van der Waals surface area contributed by atoms with Gasteiger partial charge in [-0.2, -0.15) is 4.98 Å². The standard InChI is InChI=1S/C10H13FN6O3/c11-5-6(19)4(2-18)20-7(5)3-1-14-9-8(12)15-10(13)16-17(3)9/h1,4-7,18-19H,2H2,(H4,12,13,15,16)/t4-,5-,6?,7+/m1/s1. The monoisotopic (exact) mass is 284 g/mol. The van der Waals surface area contributed by atoms with Crippen molar-refractivity contribution in [3.8, 4) is 0 Å². The summed E-state index contributed by atoms with van der Waals surface area (Å²) in [6.07, 6.45) is -3.94. The average Bonchev–Trinajstić information content (AvgIpc) is 2.93. The number of aromatic nitrogens is 4. The highest BCUT2D eigenvalue weighted by Crippen LogP contribution is 2.35. The highest BCUT2D eigenvalue weighted by atomic mass is 19.1. The van der Waals surface area contributed by atoms with Crippen LogP contribution in [0.25, 0.3) is 5.65 Å². The number of imidazole rings is 1. The second-order valence-electron chi connectivity index (χ2n) is 4.49. The zero-order chi connectivity index (χ0) is 14.4. The maximum atomic E-state index is 14.1. The molecule has 0 radical (unpaired) electrons. The van der Waals surface area contributed by atoms with Crippen molar-refractivity contribution in [1.29, 1.82) is 0 Å². The number of hydrogen-bond acceptors (Lipinski definition) is 8. The van der Waals surface area contributed by atoms with Crippen molar-refractivity contribution < 1.29 is 19.3 Å². The Bertz CT molecular complexity index is 649. The predicted molar refractivity (Wildman–Crippen MR) is 65.2 cm³/mol. The first kappa shape index (κ1) is 13.0. The van der Waals surface area contributed by atoms with E-state index in [0.29, 0.717) is 0 Å². The maximum Gasteiger partial charge on any atom is 0.240 e. The lowest BCUT2D eigenvalue weighted by molar-refractivity contribution is -0.0241. The van der Waals surface area contributed by atoms with Crippen LogP contribution < -0.4 is 11.5 Å². The summed E-state index contributed by atoms with van der Waals surface area (Å²) in [7, 11) is 0. The van der Waals surface area contributed by atoms with Gasteiger partial charge in [-0.25, -0.2) is 13.9 Å². The lowest BCUT2D eigenvalue weighted by Gasteiger charge is -2.12. The highest BCUT2D eigenvalue weighted by molar-refractivity contribution is 5.60. The van der Waals surface area contributed by atoms with Crippen LogP contribution in [0.15, 0.2) is 6.20 Å². The molecule has 10 heteroatoms. The molecule has 1 saturated heterocycles. The van der Waals surface area contributed by atoms with Gasteiger partial charge in [-0.1, -0.05) is 0 Å². The summed E-state index contributed by atoms with van der Waals surface area (Å²) in [5.74, 6) is -0.0432. The number of nitrogens with zero attached hydrogens (tertiary/aromatic N) is 4. The molecule has 0 aromatic carbocycles. The van der Waals surface area contributed by atoms with E-state index in [4.69, 9.17) is 21.3 Å². The number of aliphatic hydroxyl groups excluding tert-OH is 2. The zero-order valence-electron chi connectivity index (χ0n) is 10.2. The quantitative estimate of drug-likeness (QED) is 0.517. The Kier molecular flexibility index (Phi) is 2.92. The Morgan fingerprint density at radius 3 is 2.85 bits per heavy atom. The van der Waals surface area contributed by atoms with Crippen LogP contribution in [-0.2, 0) is 4.74 Å². The Labute approximate surface area is 112 Å². The summed E-state index contributed by atoms with van der Waals surface area (Å²) in [4.78, 5) is 7.72. The molecule has 108 valence electrons. The molecule has 2 aromatic rings. The van der Waals surface area contributed by atoms with Gasteiger partial charge in [0.2, 0.25) is 5.95 Å². The van der Waals surface area contributed by atoms with Gasteiger partial charge in [0.05, 0.1) is 18.5 Å². The van der Waals surface area contributed by atoms with E-state index in [9.17, 15) is 9.50 Å². The fourth-order valence-corrected chi connectivity index (χ4v) is 2.24. The number of anilines is 2. The Morgan fingerprint density at radius 1 is 1.45 bits per heavy atom. The summed E-state index contributed by atoms with van der Waals surface area (Å²) in [5.41, 5.74) is 11.6. The molecule has 0 amide bonds. The van der Waals surface area contributed by atoms with E-state index in [2.05, 4.69) is 15.1 Å². The minimum absolute atomic E-state index is 0.0522. The number of halogens is 1. The van der Waals surface area contributed by atoms with Crippen LogP contribution in [0.4, 0.5) is 16.2 Å². The van der Waals surface area contributed by atoms with Crippen molar-refractivity contribution in [2.24, 2.45) is 0 Å². The number of rotatable bonds is 2. The molecule has 9 nitrogen and oxygen atoms in total. The number of aliphatic hydroxyl groups is 2. The van der Waals surface area contributed by atoms with Gasteiger partial charge in [-0.05, 0) is 0 Å². The zero-order valence-corrected chi connectivity index (χ0v) is 10.2. The minimum Gasteiger partial charge on any atom is -0.394 e. The molecule has 0 bridgehead atoms. The van der Waals surface area contributed by atoms with Crippen LogP contribution in [0.2, 0.25) is 0 Å². The second-order valence-corrected chi connectivity index (χ2v) is 4.49. The molecule has 1 aliphatic heterocycles. The number of fused-ring (bicyclic) bond motifs is 1. The Hall–Kier alpha value is -2.04. The number of hydrogen-bond donors (Lipinski definition) is 4. The van der Waals surface area contributed by atoms with Crippen LogP contribution in [0.5, 0.6) is 0 Å². The summed E-state index contributed by atoms with van der Waals surface area (Å²) in [6.45, 7) is -0.492. The molecule has 4 atom stereocenters. The molecular weight excluding hydrogens is 271 g/mol. The number of nitrogen functional groups attached to an aromatic ring is 2. The molecule has 20 heavy (non-hydrogen) atoms. The van der Waals surface area contributed by atoms with E-state index in [-0.39, 0.29) is 23.1 Å². The predicted octanol–water partition coefficient (Wildman–Crippen LogP) is -1.58. The van der Waals surface area contributed by atoms with Crippen molar-refractivity contribution in [2.45, 2.75) is 24.5 Å². The maximum absolute atomic E-state index is 14.1. The van der Waals surface area contributed by atoms with E-state index in [0.717, 1.165) is 0 Å². The minimum atomic E-state index is -1.72. The largest absolute Gasteiger partial charge is 0.394 e. The first-order chi connectivity index (χ1) is 9.52. The molecule has 1 unspecified atom stereocenters. The van der Waals surface area contributed by atoms with Crippen LogP contribution in [0.3, 0.4) is 0 Å². The van der Waals surface area contributed by atoms with Gasteiger partial charge in [0.25, 0.3) is 0 Å². The van der Waals surface area contributed by atoms with Gasteiger partial charge in [0.1, 0.15) is 18.3 Å². The van der Waals surface area contributed by atoms with Crippen LogP contribution in [-0.4, -0.2) is 54.8 Å². The molecule has 2 aromatic heterocycles. The number of alkyl halides is 1. The average molecular weight is 284 g/mol. The summed E-state index contributed by atoms with van der Waals surface area (Å²) >= 11 is 0. The third-order valence-electron chi connectivity index (χ3n) is 3.22. The van der Waals surface area contributed by atoms with E-state index in [1.54, 1.807) is 0 Å². The van der Waals surface area contributed by atoms with E-state index >= 15 is 0 Å². The molecule has 0 spiro atoms. The summed E-state index contributed by atoms with van der Waals surface area (Å²) in [6, 6.07) is 0. The smallest absolute Gasteiger partial charge is 0.240 e. The van der Waals surface area contributed by atoms with Crippen molar-refractivity contribution >= 4 is 17.4 Å². The van der Waals surface area contributed by atoms with E-state index in [1.807, 2.05) is 0 Å². The first-order valence-electron chi connectivity index (χ1n) is 5.88. The van der Waals surface area contributed by atoms with Gasteiger partial charge >= 0.3 is 0 Å². The lowest BCUT2D eigenvalue weighted by atomic mass is 10.1. The van der Waals surface area contributed by atoms with Gasteiger partial charge in [-0.15, -0.1) is 5.10 Å². The van der Waals surface area contributed by atoms with Crippen molar-refractivity contribution in [3.05, 3.63) is 11.9 Å². The van der Waals surface area contributed by atoms with Gasteiger partial charge in [0, 0.05) is 0 Å². The van der Waals surface area contributed by atoms with Crippen molar-refractivity contribution in [2.75, 3.05) is 18.1 Å². The molecule has 3 rings (SSSR count). The van der Waals surface area contributed by atoms with Crippen molar-refractivity contribution in [3.63, 3.8) is 0 Å². The molecule has 1 aliphatic rings. The number of ether oxygens (including phenoxy) is 1. The molecule has 3 heterocycles. The SMILES string of the molecule is Nc1nc(N)c2ncc([C@@H]3O[C@H](CO)C(O)[C@H]3F)n2n1. The number of nitrogens with two attached hydrogens (primary N) is 2. The third kappa shape index (κ3) is 1.77. The van der Waals surface area contributed by atoms with E-state index < -0.39 is 31.1 Å². The van der Waals surface area contributed by atoms with Crippen LogP contribution >= 0.6 is 0 Å². The van der Waals surface area contributed by atoms with Gasteiger partial charge in [-0.3, -0.25) is 0 Å². The molecular formula is C10H13FN6O3. The van der Waals surface area contributed by atoms with Crippen LogP contribution in [0.1, 0.15) is 11.8 Å². The first-order valence-corrected chi connectivity index (χ1v) is 5.88. The topological polar surface area (TPSA) is 145 Å². The second kappa shape index (κ2) is 4.51. The molecule has 6 N–H and O–H groups in total. The molecule has 0 saturated carbocycles. The molecule has 0 aliphatic carbocycles. The fourth-order valence-electron chi connectivity index (χ4n) is 2.24. The fraction of sp³-hybridized carbons (Fsp3) is 0.500. The van der Waals surface area contributed by atoms with E-state index in [1.165, 1.54) is 10.7 Å². The third-order valence-corrected chi connectivity index (χ3v) is 3.22.